The molecule has 0 saturated heterocycles. The molecule has 2 heterocycles. The third kappa shape index (κ3) is 5.66. The van der Waals surface area contributed by atoms with Crippen LogP contribution in [0.15, 0.2) is 59.2 Å². The number of nitrogens with one attached hydrogen (secondary N) is 2. The molecule has 0 fully saturated rings. The molecule has 1 amide bonds. The number of amides is 1. The third-order valence-electron chi connectivity index (χ3n) is 5.70. The predicted molar refractivity (Wildman–Crippen MR) is 147 cm³/mol. The fraction of sp³-hybridized carbons (Fsp3) is 0.185. The van der Waals surface area contributed by atoms with Gasteiger partial charge < -0.3 is 14.5 Å². The van der Waals surface area contributed by atoms with Crippen molar-refractivity contribution in [2.75, 3.05) is 24.1 Å². The van der Waals surface area contributed by atoms with Crippen molar-refractivity contribution < 1.29 is 26.8 Å². The van der Waals surface area contributed by atoms with E-state index >= 15 is 0 Å². The number of carbonyl (C=O) groups excluding carboxylic acids is 1. The van der Waals surface area contributed by atoms with Gasteiger partial charge in [0.1, 0.15) is 22.3 Å². The van der Waals surface area contributed by atoms with Gasteiger partial charge in [0.05, 0.1) is 35.6 Å². The molecule has 0 saturated carbocycles. The molecule has 0 aliphatic heterocycles. The van der Waals surface area contributed by atoms with Gasteiger partial charge in [0.15, 0.2) is 0 Å². The second kappa shape index (κ2) is 11.2. The zero-order valence-corrected chi connectivity index (χ0v) is 22.4. The van der Waals surface area contributed by atoms with Crippen LogP contribution < -0.4 is 10.0 Å². The molecule has 0 aliphatic carbocycles. The maximum atomic E-state index is 13.6. The van der Waals surface area contributed by atoms with E-state index in [1.165, 1.54) is 50.6 Å². The van der Waals surface area contributed by atoms with Gasteiger partial charge in [-0.25, -0.2) is 17.8 Å². The van der Waals surface area contributed by atoms with E-state index in [1.807, 2.05) is 6.92 Å². The number of halogens is 2. The molecule has 0 atom stereocenters. The van der Waals surface area contributed by atoms with Crippen molar-refractivity contribution >= 4 is 50.3 Å². The molecular weight excluding hydrogens is 533 g/mol. The lowest BCUT2D eigenvalue weighted by Crippen LogP contribution is -2.18. The number of rotatable bonds is 9. The molecule has 2 aromatic heterocycles. The lowest BCUT2D eigenvalue weighted by molar-refractivity contribution is 0.0964. The number of sulfonamides is 1. The number of anilines is 1. The average molecular weight is 558 g/mol. The van der Waals surface area contributed by atoms with Crippen LogP contribution in [0.3, 0.4) is 0 Å². The zero-order valence-electron chi connectivity index (χ0n) is 20.8. The van der Waals surface area contributed by atoms with E-state index in [0.717, 1.165) is 0 Å². The average Bonchev–Trinajstić information content (AvgIpc) is 3.27. The minimum Gasteiger partial charge on any atom is -0.501 e. The van der Waals surface area contributed by atoms with Gasteiger partial charge >= 0.3 is 0 Å². The van der Waals surface area contributed by atoms with Crippen molar-refractivity contribution in [2.24, 2.45) is 0 Å². The van der Waals surface area contributed by atoms with Crippen LogP contribution >= 0.6 is 11.6 Å². The number of nitrogens with zero attached hydrogens (tertiary/aromatic N) is 1. The molecule has 4 rings (SSSR count). The Morgan fingerprint density at radius 2 is 1.89 bits per heavy atom. The van der Waals surface area contributed by atoms with E-state index in [4.69, 9.17) is 20.8 Å². The van der Waals surface area contributed by atoms with Crippen LogP contribution in [-0.2, 0) is 14.8 Å². The SMILES string of the molecule is CCO/C=C/c1ccc(-c2cc3c(C(=O)NC)c(-c4ccc(F)cc4)oc3cc2NS(=O)(=O)CC)nc1Cl. The maximum Gasteiger partial charge on any atom is 0.255 e. The van der Waals surface area contributed by atoms with Gasteiger partial charge in [-0.2, -0.15) is 0 Å². The molecule has 0 aliphatic rings. The monoisotopic (exact) mass is 557 g/mol. The number of pyridine rings is 1. The highest BCUT2D eigenvalue weighted by atomic mass is 35.5. The van der Waals surface area contributed by atoms with Crippen LogP contribution in [0.2, 0.25) is 5.15 Å². The van der Waals surface area contributed by atoms with Gasteiger partial charge in [-0.1, -0.05) is 11.6 Å². The van der Waals surface area contributed by atoms with Crippen LogP contribution in [0.5, 0.6) is 0 Å². The maximum absolute atomic E-state index is 13.6. The largest absolute Gasteiger partial charge is 0.501 e. The van der Waals surface area contributed by atoms with Gasteiger partial charge in [-0.05, 0) is 62.4 Å². The zero-order chi connectivity index (χ0) is 27.4. The molecule has 38 heavy (non-hydrogen) atoms. The number of ether oxygens (including phenoxy) is 1. The van der Waals surface area contributed by atoms with Gasteiger partial charge in [-0.15, -0.1) is 0 Å². The standard InChI is InChI=1S/C27H25ClFN3O5S/c1-4-36-13-12-17-8-11-21(31-26(17)28)19-14-20-23(15-22(19)32-38(34,35)5-2)37-25(24(20)27(33)30-3)16-6-9-18(29)10-7-16/h6-15,32H,4-5H2,1-3H3,(H,30,33)/b13-12+. The Morgan fingerprint density at radius 1 is 1.16 bits per heavy atom. The number of fused-ring (bicyclic) bond motifs is 1. The number of aromatic nitrogens is 1. The fourth-order valence-corrected chi connectivity index (χ4v) is 4.64. The Bertz CT molecular complexity index is 1630. The quantitative estimate of drug-likeness (QED) is 0.190. The summed E-state index contributed by atoms with van der Waals surface area (Å²) >= 11 is 6.42. The lowest BCUT2D eigenvalue weighted by Gasteiger charge is -2.13. The molecule has 8 nitrogen and oxygen atoms in total. The highest BCUT2D eigenvalue weighted by Crippen LogP contribution is 2.40. The fourth-order valence-electron chi connectivity index (χ4n) is 3.77. The second-order valence-corrected chi connectivity index (χ2v) is 10.5. The Kier molecular flexibility index (Phi) is 8.03. The number of benzene rings is 2. The van der Waals surface area contributed by atoms with Crippen molar-refractivity contribution in [2.45, 2.75) is 13.8 Å². The van der Waals surface area contributed by atoms with Crippen LogP contribution in [0, 0.1) is 5.82 Å². The van der Waals surface area contributed by atoms with Crippen molar-refractivity contribution in [3.05, 3.63) is 76.9 Å². The van der Waals surface area contributed by atoms with Crippen LogP contribution in [0.4, 0.5) is 10.1 Å². The van der Waals surface area contributed by atoms with Crippen LogP contribution in [-0.4, -0.2) is 38.7 Å². The lowest BCUT2D eigenvalue weighted by atomic mass is 10.0. The minimum atomic E-state index is -3.69. The summed E-state index contributed by atoms with van der Waals surface area (Å²) in [7, 11) is -2.21. The minimum absolute atomic E-state index is 0.164. The van der Waals surface area contributed by atoms with Gasteiger partial charge in [0.2, 0.25) is 10.0 Å². The molecule has 2 N–H and O–H groups in total. The predicted octanol–water partition coefficient (Wildman–Crippen LogP) is 6.08. The molecule has 0 radical (unpaired) electrons. The first kappa shape index (κ1) is 27.2. The number of furan rings is 1. The van der Waals surface area contributed by atoms with E-state index in [-0.39, 0.29) is 33.5 Å². The van der Waals surface area contributed by atoms with E-state index in [0.29, 0.717) is 34.4 Å². The first-order valence-electron chi connectivity index (χ1n) is 11.7. The highest BCUT2D eigenvalue weighted by molar-refractivity contribution is 7.92. The second-order valence-electron chi connectivity index (χ2n) is 8.13. The molecule has 4 aromatic rings. The van der Waals surface area contributed by atoms with Gasteiger partial charge in [0.25, 0.3) is 5.91 Å². The summed E-state index contributed by atoms with van der Waals surface area (Å²) in [5.74, 6) is -0.823. The Hall–Kier alpha value is -3.89. The molecule has 0 bridgehead atoms. The van der Waals surface area contributed by atoms with E-state index < -0.39 is 21.7 Å². The molecule has 198 valence electrons. The third-order valence-corrected chi connectivity index (χ3v) is 7.29. The van der Waals surface area contributed by atoms with Crippen LogP contribution in [0.25, 0.3) is 39.6 Å². The summed E-state index contributed by atoms with van der Waals surface area (Å²) in [5.41, 5.74) is 2.49. The molecule has 2 aromatic carbocycles. The first-order valence-corrected chi connectivity index (χ1v) is 13.7. The number of carbonyl (C=O) groups is 1. The summed E-state index contributed by atoms with van der Waals surface area (Å²) in [5, 5.41) is 3.19. The first-order chi connectivity index (χ1) is 18.2. The number of hydrogen-bond acceptors (Lipinski definition) is 6. The van der Waals surface area contributed by atoms with Crippen molar-refractivity contribution in [3.8, 4) is 22.6 Å². The van der Waals surface area contributed by atoms with E-state index in [1.54, 1.807) is 24.3 Å². The molecular formula is C27H25ClFN3O5S. The Labute approximate surface area is 224 Å². The summed E-state index contributed by atoms with van der Waals surface area (Å²) in [4.78, 5) is 17.4. The van der Waals surface area contributed by atoms with E-state index in [9.17, 15) is 17.6 Å². The normalized spacial score (nSPS) is 11.7. The summed E-state index contributed by atoms with van der Waals surface area (Å²) < 4.78 is 52.4. The van der Waals surface area contributed by atoms with Gasteiger partial charge in [0, 0.05) is 35.2 Å². The molecule has 11 heteroatoms. The van der Waals surface area contributed by atoms with Crippen LogP contribution in [0.1, 0.15) is 29.8 Å². The van der Waals surface area contributed by atoms with Gasteiger partial charge in [-0.3, -0.25) is 9.52 Å². The van der Waals surface area contributed by atoms with Crippen molar-refractivity contribution in [1.82, 2.24) is 10.3 Å². The Balaban J connectivity index is 1.97. The summed E-state index contributed by atoms with van der Waals surface area (Å²) in [6.45, 7) is 3.87. The topological polar surface area (TPSA) is 111 Å². The summed E-state index contributed by atoms with van der Waals surface area (Å²) in [6, 6.07) is 12.0. The highest BCUT2D eigenvalue weighted by Gasteiger charge is 2.25. The van der Waals surface area contributed by atoms with Crippen molar-refractivity contribution in [3.63, 3.8) is 0 Å². The molecule has 0 spiro atoms. The number of hydrogen-bond donors (Lipinski definition) is 2. The molecule has 0 unspecified atom stereocenters. The Morgan fingerprint density at radius 3 is 2.53 bits per heavy atom. The summed E-state index contributed by atoms with van der Waals surface area (Å²) in [6.07, 6.45) is 3.18. The smallest absolute Gasteiger partial charge is 0.255 e. The van der Waals surface area contributed by atoms with Crippen molar-refractivity contribution in [1.29, 1.82) is 0 Å². The van der Waals surface area contributed by atoms with E-state index in [2.05, 4.69) is 15.0 Å².